The number of rotatable bonds is 2. The maximum absolute atomic E-state index is 12.9. The van der Waals surface area contributed by atoms with Gasteiger partial charge < -0.3 is 9.84 Å². The van der Waals surface area contributed by atoms with Crippen LogP contribution in [0.25, 0.3) is 0 Å². The predicted octanol–water partition coefficient (Wildman–Crippen LogP) is 3.70. The summed E-state index contributed by atoms with van der Waals surface area (Å²) in [5, 5.41) is 7.10. The molecule has 1 saturated heterocycles. The van der Waals surface area contributed by atoms with Gasteiger partial charge in [-0.3, -0.25) is 9.69 Å². The van der Waals surface area contributed by atoms with Crippen molar-refractivity contribution in [2.75, 3.05) is 18.4 Å². The first-order valence-corrected chi connectivity index (χ1v) is 10.5. The van der Waals surface area contributed by atoms with Crippen LogP contribution >= 0.6 is 0 Å². The van der Waals surface area contributed by atoms with E-state index in [-0.39, 0.29) is 11.3 Å². The Kier molecular flexibility index (Phi) is 4.27. The molecule has 148 valence electrons. The van der Waals surface area contributed by atoms with Crippen LogP contribution in [0, 0.1) is 13.8 Å². The zero-order valence-corrected chi connectivity index (χ0v) is 16.7. The topological polar surface area (TPSA) is 71.3 Å². The number of aromatic nitrogens is 2. The summed E-state index contributed by atoms with van der Waals surface area (Å²) >= 11 is 0. The van der Waals surface area contributed by atoms with Crippen LogP contribution in [0.1, 0.15) is 67.3 Å². The number of anilines is 1. The Hall–Kier alpha value is -2.21. The summed E-state index contributed by atoms with van der Waals surface area (Å²) in [6.45, 7) is 6.10. The molecule has 6 heteroatoms. The molecular formula is C22H28N4O2. The van der Waals surface area contributed by atoms with E-state index in [0.29, 0.717) is 17.8 Å². The lowest BCUT2D eigenvalue weighted by Crippen LogP contribution is -2.48. The molecule has 3 heterocycles. The Balaban J connectivity index is 1.30. The molecule has 6 nitrogen and oxygen atoms in total. The van der Waals surface area contributed by atoms with Gasteiger partial charge in [0.2, 0.25) is 11.8 Å². The first-order chi connectivity index (χ1) is 13.5. The average molecular weight is 380 g/mol. The van der Waals surface area contributed by atoms with Gasteiger partial charge in [0.05, 0.1) is 11.3 Å². The second-order valence-corrected chi connectivity index (χ2v) is 8.83. The summed E-state index contributed by atoms with van der Waals surface area (Å²) in [7, 11) is 0. The molecule has 0 radical (unpaired) electrons. The van der Waals surface area contributed by atoms with E-state index in [4.69, 9.17) is 4.52 Å². The maximum Gasteiger partial charge on any atom is 0.235 e. The second-order valence-electron chi connectivity index (χ2n) is 8.83. The third-order valence-electron chi connectivity index (χ3n) is 7.04. The zero-order valence-electron chi connectivity index (χ0n) is 16.7. The predicted molar refractivity (Wildman–Crippen MR) is 106 cm³/mol. The van der Waals surface area contributed by atoms with Crippen molar-refractivity contribution in [3.63, 3.8) is 0 Å². The molecule has 1 atom stereocenters. The molecule has 28 heavy (non-hydrogen) atoms. The molecule has 1 aromatic carbocycles. The molecule has 3 aliphatic rings. The van der Waals surface area contributed by atoms with Crippen molar-refractivity contribution in [2.45, 2.75) is 69.7 Å². The molecule has 1 saturated carbocycles. The van der Waals surface area contributed by atoms with E-state index in [0.717, 1.165) is 63.2 Å². The molecule has 1 amide bonds. The van der Waals surface area contributed by atoms with Crippen molar-refractivity contribution in [3.05, 3.63) is 41.0 Å². The monoisotopic (exact) mass is 380 g/mol. The lowest BCUT2D eigenvalue weighted by Gasteiger charge is -2.43. The molecule has 1 spiro atoms. The first kappa shape index (κ1) is 17.9. The van der Waals surface area contributed by atoms with E-state index in [2.05, 4.69) is 45.5 Å². The van der Waals surface area contributed by atoms with E-state index in [1.807, 2.05) is 6.92 Å². The maximum atomic E-state index is 12.9. The number of hydrogen-bond donors (Lipinski definition) is 1. The number of aryl methyl sites for hydroxylation is 2. The average Bonchev–Trinajstić information content (AvgIpc) is 3.25. The van der Waals surface area contributed by atoms with E-state index >= 15 is 0 Å². The van der Waals surface area contributed by atoms with Gasteiger partial charge in [0.15, 0.2) is 5.82 Å². The van der Waals surface area contributed by atoms with Crippen molar-refractivity contribution < 1.29 is 9.32 Å². The highest BCUT2D eigenvalue weighted by atomic mass is 16.5. The van der Waals surface area contributed by atoms with Crippen LogP contribution in [0.5, 0.6) is 0 Å². The van der Waals surface area contributed by atoms with Crippen molar-refractivity contribution in [1.29, 1.82) is 0 Å². The molecule has 5 rings (SSSR count). The van der Waals surface area contributed by atoms with Crippen LogP contribution in [0.15, 0.2) is 22.7 Å². The number of piperidine rings is 1. The fraction of sp³-hybridized carbons (Fsp3) is 0.591. The highest BCUT2D eigenvalue weighted by molar-refractivity contribution is 6.06. The zero-order chi connectivity index (χ0) is 19.3. The van der Waals surface area contributed by atoms with Crippen LogP contribution < -0.4 is 5.32 Å². The van der Waals surface area contributed by atoms with Gasteiger partial charge in [-0.05, 0) is 70.5 Å². The van der Waals surface area contributed by atoms with Gasteiger partial charge in [-0.25, -0.2) is 0 Å². The quantitative estimate of drug-likeness (QED) is 0.860. The molecule has 1 N–H and O–H groups in total. The normalized spacial score (nSPS) is 30.4. The Morgan fingerprint density at radius 2 is 2.04 bits per heavy atom. The summed E-state index contributed by atoms with van der Waals surface area (Å²) < 4.78 is 5.44. The van der Waals surface area contributed by atoms with E-state index < -0.39 is 0 Å². The largest absolute Gasteiger partial charge is 0.339 e. The van der Waals surface area contributed by atoms with E-state index in [1.54, 1.807) is 0 Å². The number of carbonyl (C=O) groups excluding carboxylic acids is 1. The lowest BCUT2D eigenvalue weighted by molar-refractivity contribution is -0.122. The molecule has 2 aliphatic heterocycles. The molecule has 2 fully saturated rings. The number of fused-ring (bicyclic) bond motifs is 2. The third kappa shape index (κ3) is 2.85. The summed E-state index contributed by atoms with van der Waals surface area (Å²) in [5.74, 6) is 2.04. The van der Waals surface area contributed by atoms with Gasteiger partial charge >= 0.3 is 0 Å². The van der Waals surface area contributed by atoms with Crippen molar-refractivity contribution in [1.82, 2.24) is 15.0 Å². The second kappa shape index (κ2) is 6.69. The van der Waals surface area contributed by atoms with E-state index in [1.165, 1.54) is 11.1 Å². The van der Waals surface area contributed by atoms with Crippen LogP contribution in [0.4, 0.5) is 5.69 Å². The smallest absolute Gasteiger partial charge is 0.235 e. The van der Waals surface area contributed by atoms with Crippen LogP contribution in [0.2, 0.25) is 0 Å². The Morgan fingerprint density at radius 1 is 1.21 bits per heavy atom. The standard InChI is InChI=1S/C22H28N4O2/c1-14-5-6-19-18(12-14)22(21(27)24-19)9-7-17(8-10-22)26-11-3-4-16(13-26)20-23-15(2)25-28-20/h5-6,12,16-17H,3-4,7-11,13H2,1-2H3,(H,24,27)/t16-,17?,22?/m1/s1. The number of amides is 1. The highest BCUT2D eigenvalue weighted by Gasteiger charge is 2.49. The minimum Gasteiger partial charge on any atom is -0.339 e. The number of likely N-dealkylation sites (tertiary alicyclic amines) is 1. The Morgan fingerprint density at radius 3 is 2.79 bits per heavy atom. The lowest BCUT2D eigenvalue weighted by atomic mass is 9.68. The van der Waals surface area contributed by atoms with Crippen molar-refractivity contribution in [2.24, 2.45) is 0 Å². The SMILES string of the molecule is Cc1ccc2c(c1)C1(CCC(N3CCC[C@@H](c4nc(C)no4)C3)CC1)C(=O)N2. The summed E-state index contributed by atoms with van der Waals surface area (Å²) in [6.07, 6.45) is 6.27. The fourth-order valence-corrected chi connectivity index (χ4v) is 5.50. The summed E-state index contributed by atoms with van der Waals surface area (Å²) in [6, 6.07) is 6.89. The molecule has 1 aromatic heterocycles. The van der Waals surface area contributed by atoms with Gasteiger partial charge in [0.1, 0.15) is 0 Å². The molecular weight excluding hydrogens is 352 g/mol. The van der Waals surface area contributed by atoms with Crippen molar-refractivity contribution >= 4 is 11.6 Å². The summed E-state index contributed by atoms with van der Waals surface area (Å²) in [5.41, 5.74) is 3.13. The van der Waals surface area contributed by atoms with Gasteiger partial charge in [-0.15, -0.1) is 0 Å². The highest BCUT2D eigenvalue weighted by Crippen LogP contribution is 2.48. The minimum absolute atomic E-state index is 0.199. The number of carbonyl (C=O) groups is 1. The van der Waals surface area contributed by atoms with Crippen LogP contribution in [-0.4, -0.2) is 40.1 Å². The van der Waals surface area contributed by atoms with E-state index in [9.17, 15) is 4.79 Å². The number of nitrogens with zero attached hydrogens (tertiary/aromatic N) is 3. The van der Waals surface area contributed by atoms with Gasteiger partial charge in [-0.1, -0.05) is 22.9 Å². The molecule has 0 bridgehead atoms. The fourth-order valence-electron chi connectivity index (χ4n) is 5.50. The van der Waals surface area contributed by atoms with Crippen LogP contribution in [-0.2, 0) is 10.2 Å². The van der Waals surface area contributed by atoms with Gasteiger partial charge in [0.25, 0.3) is 0 Å². The molecule has 1 aliphatic carbocycles. The van der Waals surface area contributed by atoms with Gasteiger partial charge in [0, 0.05) is 18.3 Å². The number of hydrogen-bond acceptors (Lipinski definition) is 5. The number of benzene rings is 1. The number of nitrogens with one attached hydrogen (secondary N) is 1. The third-order valence-corrected chi connectivity index (χ3v) is 7.04. The Bertz CT molecular complexity index is 898. The first-order valence-electron chi connectivity index (χ1n) is 10.5. The van der Waals surface area contributed by atoms with Crippen LogP contribution in [0.3, 0.4) is 0 Å². The van der Waals surface area contributed by atoms with Crippen molar-refractivity contribution in [3.8, 4) is 0 Å². The van der Waals surface area contributed by atoms with Gasteiger partial charge in [-0.2, -0.15) is 4.98 Å². The summed E-state index contributed by atoms with van der Waals surface area (Å²) in [4.78, 5) is 19.9. The molecule has 2 aromatic rings. The molecule has 0 unspecified atom stereocenters. The minimum atomic E-state index is -0.323. The Labute approximate surface area is 165 Å².